The van der Waals surface area contributed by atoms with Crippen LogP contribution in [-0.4, -0.2) is 11.6 Å². The smallest absolute Gasteiger partial charge is 0.387 e. The second kappa shape index (κ2) is 7.44. The first kappa shape index (κ1) is 17.1. The standard InChI is InChI=1S/C19H15F2NO2S/c1-3-4-15(17-10-22-11-25-17)18-12(2)9-16(24-18)13-5-7-14(8-6-13)23-19(20)21/h3-11,19H,2H2,1H3/b4-3-,18-15-. The van der Waals surface area contributed by atoms with E-state index in [0.29, 0.717) is 11.2 Å². The number of thiazole rings is 1. The van der Waals surface area contributed by atoms with Crippen molar-refractivity contribution in [2.24, 2.45) is 0 Å². The number of rotatable bonds is 5. The Morgan fingerprint density at radius 1 is 1.32 bits per heavy atom. The van der Waals surface area contributed by atoms with Gasteiger partial charge in [-0.15, -0.1) is 11.3 Å². The van der Waals surface area contributed by atoms with Crippen LogP contribution in [0.15, 0.2) is 58.6 Å². The van der Waals surface area contributed by atoms with E-state index in [-0.39, 0.29) is 5.75 Å². The lowest BCUT2D eigenvalue weighted by Gasteiger charge is -2.04. The summed E-state index contributed by atoms with van der Waals surface area (Å²) in [6.07, 6.45) is 5.65. The molecule has 3 rings (SSSR count). The minimum Gasteiger partial charge on any atom is -0.455 e. The quantitative estimate of drug-likeness (QED) is 0.685. The first-order valence-corrected chi connectivity index (χ1v) is 8.36. The van der Waals surface area contributed by atoms with Crippen LogP contribution in [0.5, 0.6) is 5.75 Å². The second-order valence-electron chi connectivity index (χ2n) is 5.15. The van der Waals surface area contributed by atoms with Gasteiger partial charge in [-0.05, 0) is 37.3 Å². The summed E-state index contributed by atoms with van der Waals surface area (Å²) >= 11 is 1.51. The fourth-order valence-corrected chi connectivity index (χ4v) is 3.03. The molecule has 0 fully saturated rings. The normalized spacial score (nSPS) is 12.8. The van der Waals surface area contributed by atoms with Crippen molar-refractivity contribution in [3.8, 4) is 17.1 Å². The van der Waals surface area contributed by atoms with Crippen LogP contribution in [0, 0.1) is 0 Å². The molecule has 0 spiro atoms. The molecule has 0 aliphatic heterocycles. The lowest BCUT2D eigenvalue weighted by molar-refractivity contribution is -0.0498. The zero-order valence-electron chi connectivity index (χ0n) is 13.4. The number of hydrogen-bond acceptors (Lipinski definition) is 4. The fourth-order valence-electron chi connectivity index (χ4n) is 2.38. The summed E-state index contributed by atoms with van der Waals surface area (Å²) in [4.78, 5) is 5.08. The maximum atomic E-state index is 12.2. The molecule has 6 heteroatoms. The van der Waals surface area contributed by atoms with Gasteiger partial charge in [0.25, 0.3) is 0 Å². The molecule has 0 saturated heterocycles. The van der Waals surface area contributed by atoms with Gasteiger partial charge >= 0.3 is 6.61 Å². The largest absolute Gasteiger partial charge is 0.455 e. The minimum absolute atomic E-state index is 0.103. The Kier molecular flexibility index (Phi) is 5.09. The zero-order chi connectivity index (χ0) is 17.8. The van der Waals surface area contributed by atoms with Gasteiger partial charge in [0.2, 0.25) is 0 Å². The van der Waals surface area contributed by atoms with Crippen LogP contribution in [0.25, 0.3) is 23.5 Å². The number of halogens is 2. The van der Waals surface area contributed by atoms with E-state index in [4.69, 9.17) is 4.42 Å². The van der Waals surface area contributed by atoms with Crippen molar-refractivity contribution >= 4 is 23.5 Å². The minimum atomic E-state index is -2.84. The predicted molar refractivity (Wildman–Crippen MR) is 95.0 cm³/mol. The number of furan rings is 1. The molecule has 0 aliphatic carbocycles. The summed E-state index contributed by atoms with van der Waals surface area (Å²) in [6.45, 7) is 3.13. The van der Waals surface area contributed by atoms with Crippen LogP contribution in [0.3, 0.4) is 0 Å². The van der Waals surface area contributed by atoms with Crippen LogP contribution >= 0.6 is 11.3 Å². The van der Waals surface area contributed by atoms with Gasteiger partial charge in [-0.3, -0.25) is 4.98 Å². The SMILES string of the molecule is C=c1cc(-c2ccc(OC(F)F)cc2)o/c1=C(/C=C\C)c1cncs1. The topological polar surface area (TPSA) is 35.3 Å². The maximum absolute atomic E-state index is 12.2. The molecule has 0 saturated carbocycles. The van der Waals surface area contributed by atoms with E-state index < -0.39 is 6.61 Å². The van der Waals surface area contributed by atoms with E-state index >= 15 is 0 Å². The van der Waals surface area contributed by atoms with Gasteiger partial charge in [-0.2, -0.15) is 8.78 Å². The lowest BCUT2D eigenvalue weighted by Crippen LogP contribution is -2.20. The first-order chi connectivity index (χ1) is 12.1. The predicted octanol–water partition coefficient (Wildman–Crippen LogP) is 4.19. The molecule has 2 aromatic heterocycles. The number of nitrogens with zero attached hydrogens (tertiary/aromatic N) is 1. The van der Waals surface area contributed by atoms with Crippen LogP contribution in [0.2, 0.25) is 0 Å². The number of hydrogen-bond donors (Lipinski definition) is 0. The second-order valence-corrected chi connectivity index (χ2v) is 6.03. The monoisotopic (exact) mass is 359 g/mol. The molecular formula is C19H15F2NO2S. The number of allylic oxidation sites excluding steroid dienone is 2. The van der Waals surface area contributed by atoms with Gasteiger partial charge in [-0.25, -0.2) is 0 Å². The molecule has 0 unspecified atom stereocenters. The molecule has 25 heavy (non-hydrogen) atoms. The van der Waals surface area contributed by atoms with E-state index in [2.05, 4.69) is 16.3 Å². The summed E-state index contributed by atoms with van der Waals surface area (Å²) in [6, 6.07) is 8.12. The van der Waals surface area contributed by atoms with Gasteiger partial charge in [0, 0.05) is 22.6 Å². The van der Waals surface area contributed by atoms with Crippen molar-refractivity contribution in [2.45, 2.75) is 13.5 Å². The van der Waals surface area contributed by atoms with Crippen molar-refractivity contribution in [3.63, 3.8) is 0 Å². The third-order valence-electron chi connectivity index (χ3n) is 3.45. The van der Waals surface area contributed by atoms with Gasteiger partial charge in [0.05, 0.1) is 10.4 Å². The van der Waals surface area contributed by atoms with E-state index in [9.17, 15) is 8.78 Å². The van der Waals surface area contributed by atoms with Gasteiger partial charge in [0.1, 0.15) is 16.9 Å². The Morgan fingerprint density at radius 3 is 2.68 bits per heavy atom. The van der Waals surface area contributed by atoms with Crippen molar-refractivity contribution in [2.75, 3.05) is 0 Å². The molecule has 0 aliphatic rings. The lowest BCUT2D eigenvalue weighted by atomic mass is 10.1. The average Bonchev–Trinajstić information content (AvgIpc) is 3.23. The van der Waals surface area contributed by atoms with Crippen molar-refractivity contribution in [3.05, 3.63) is 69.7 Å². The summed E-state index contributed by atoms with van der Waals surface area (Å²) < 4.78 is 34.8. The number of aromatic nitrogens is 1. The Hall–Kier alpha value is -2.73. The highest BCUT2D eigenvalue weighted by Crippen LogP contribution is 2.23. The van der Waals surface area contributed by atoms with Crippen molar-refractivity contribution in [1.82, 2.24) is 4.98 Å². The summed E-state index contributed by atoms with van der Waals surface area (Å²) in [5, 5.41) is 0.740. The highest BCUT2D eigenvalue weighted by molar-refractivity contribution is 7.10. The highest BCUT2D eigenvalue weighted by Gasteiger charge is 2.09. The molecule has 0 bridgehead atoms. The zero-order valence-corrected chi connectivity index (χ0v) is 14.2. The third-order valence-corrected chi connectivity index (χ3v) is 4.26. The van der Waals surface area contributed by atoms with Crippen LogP contribution in [-0.2, 0) is 0 Å². The van der Waals surface area contributed by atoms with Gasteiger partial charge in [-0.1, -0.05) is 18.7 Å². The van der Waals surface area contributed by atoms with Gasteiger partial charge < -0.3 is 9.15 Å². The molecule has 2 heterocycles. The number of ether oxygens (including phenoxy) is 1. The Morgan fingerprint density at radius 2 is 2.08 bits per heavy atom. The van der Waals surface area contributed by atoms with Crippen LogP contribution < -0.4 is 15.4 Å². The van der Waals surface area contributed by atoms with Crippen LogP contribution in [0.4, 0.5) is 8.78 Å². The summed E-state index contributed by atoms with van der Waals surface area (Å²) in [7, 11) is 0. The Bertz CT molecular complexity index is 974. The van der Waals surface area contributed by atoms with E-state index in [1.165, 1.54) is 23.5 Å². The number of benzene rings is 1. The van der Waals surface area contributed by atoms with Crippen LogP contribution in [0.1, 0.15) is 11.8 Å². The molecule has 0 radical (unpaired) electrons. The van der Waals surface area contributed by atoms with Crippen molar-refractivity contribution < 1.29 is 17.9 Å². The van der Waals surface area contributed by atoms with E-state index in [1.807, 2.05) is 25.1 Å². The average molecular weight is 359 g/mol. The molecular weight excluding hydrogens is 344 g/mol. The molecule has 3 nitrogen and oxygen atoms in total. The first-order valence-electron chi connectivity index (χ1n) is 7.48. The maximum Gasteiger partial charge on any atom is 0.387 e. The molecule has 0 atom stereocenters. The van der Waals surface area contributed by atoms with Crippen molar-refractivity contribution in [1.29, 1.82) is 0 Å². The van der Waals surface area contributed by atoms with E-state index in [1.54, 1.807) is 23.8 Å². The Balaban J connectivity index is 2.05. The third kappa shape index (κ3) is 3.85. The molecule has 0 amide bonds. The number of alkyl halides is 2. The highest BCUT2D eigenvalue weighted by atomic mass is 32.1. The molecule has 128 valence electrons. The molecule has 3 aromatic rings. The molecule has 1 aromatic carbocycles. The summed E-state index contributed by atoms with van der Waals surface area (Å²) in [5.74, 6) is 0.710. The van der Waals surface area contributed by atoms with E-state index in [0.717, 1.165) is 21.2 Å². The molecule has 0 N–H and O–H groups in total. The van der Waals surface area contributed by atoms with Gasteiger partial charge in [0.15, 0.2) is 0 Å². The Labute approximate surface area is 147 Å². The summed E-state index contributed by atoms with van der Waals surface area (Å²) in [5.41, 5.74) is 4.07. The fraction of sp³-hybridized carbons (Fsp3) is 0.105.